The minimum absolute atomic E-state index is 0. The lowest BCUT2D eigenvalue weighted by Crippen LogP contribution is -2.35. The molecule has 7 heteroatoms. The van der Waals surface area contributed by atoms with Crippen LogP contribution >= 0.6 is 12.4 Å². The van der Waals surface area contributed by atoms with Gasteiger partial charge in [-0.25, -0.2) is 0 Å². The third-order valence-electron chi connectivity index (χ3n) is 3.79. The summed E-state index contributed by atoms with van der Waals surface area (Å²) >= 11 is 0. The Morgan fingerprint density at radius 2 is 1.59 bits per heavy atom. The van der Waals surface area contributed by atoms with Gasteiger partial charge in [-0.05, 0) is 43.5 Å². The Kier molecular flexibility index (Phi) is 5.39. The van der Waals surface area contributed by atoms with Crippen LogP contribution < -0.4 is 16.0 Å². The number of hydrogen-bond acceptors (Lipinski definition) is 4. The Labute approximate surface area is 135 Å². The van der Waals surface area contributed by atoms with Gasteiger partial charge in [0.15, 0.2) is 0 Å². The number of β-amino-alcohol motifs (C(OH)–C–C–N with tert-alkyl or cyclic N) is 1. The summed E-state index contributed by atoms with van der Waals surface area (Å²) in [6.07, 6.45) is 1.92. The molecule has 2 atom stereocenters. The van der Waals surface area contributed by atoms with E-state index in [1.807, 2.05) is 0 Å². The average molecular weight is 326 g/mol. The molecule has 3 rings (SSSR count). The number of carbonyl (C=O) groups excluding carboxylic acids is 2. The molecule has 1 aliphatic heterocycles. The lowest BCUT2D eigenvalue weighted by molar-refractivity contribution is -0.118. The monoisotopic (exact) mass is 325 g/mol. The number of aliphatic hydroxyl groups is 1. The zero-order valence-corrected chi connectivity index (χ0v) is 12.9. The number of nitrogens with one attached hydrogen (secondary N) is 3. The second-order valence-electron chi connectivity index (χ2n) is 5.68. The van der Waals surface area contributed by atoms with Crippen LogP contribution in [-0.4, -0.2) is 35.6 Å². The number of halogens is 1. The van der Waals surface area contributed by atoms with E-state index >= 15 is 0 Å². The molecule has 4 N–H and O–H groups in total. The number of benzene rings is 1. The molecule has 1 heterocycles. The van der Waals surface area contributed by atoms with Crippen LogP contribution in [-0.2, 0) is 9.59 Å². The average Bonchev–Trinajstić information content (AvgIpc) is 3.23. The van der Waals surface area contributed by atoms with E-state index in [9.17, 15) is 14.7 Å². The molecule has 2 aliphatic rings. The largest absolute Gasteiger partial charge is 0.392 e. The van der Waals surface area contributed by atoms with E-state index in [2.05, 4.69) is 16.0 Å². The first kappa shape index (κ1) is 16.7. The summed E-state index contributed by atoms with van der Waals surface area (Å²) in [5.41, 5.74) is 1.41. The summed E-state index contributed by atoms with van der Waals surface area (Å²) in [6, 6.07) is 6.70. The normalized spacial score (nSPS) is 23.5. The van der Waals surface area contributed by atoms with Crippen LogP contribution in [0.4, 0.5) is 11.4 Å². The standard InChI is InChI=1S/C15H19N3O3.ClH/c19-12-7-13(16-8-12)15(21)18-11-5-3-10(4-6-11)17-14(20)9-1-2-9;/h3-6,9,12-13,16,19H,1-2,7-8H2,(H,17,20)(H,18,21);1H. The van der Waals surface area contributed by atoms with Crippen molar-refractivity contribution in [1.29, 1.82) is 0 Å². The molecule has 2 fully saturated rings. The van der Waals surface area contributed by atoms with E-state index < -0.39 is 6.10 Å². The molecule has 1 saturated heterocycles. The summed E-state index contributed by atoms with van der Waals surface area (Å²) in [4.78, 5) is 23.6. The SMILES string of the molecule is Cl.O=C(Nc1ccc(NC(=O)C2CC(O)CN2)cc1)C1CC1. The Morgan fingerprint density at radius 1 is 1.05 bits per heavy atom. The third kappa shape index (κ3) is 4.19. The molecule has 1 aromatic carbocycles. The highest BCUT2D eigenvalue weighted by molar-refractivity contribution is 5.96. The van der Waals surface area contributed by atoms with E-state index in [-0.39, 0.29) is 36.2 Å². The maximum absolute atomic E-state index is 12.0. The molecular formula is C15H20ClN3O3. The predicted octanol–water partition coefficient (Wildman–Crippen LogP) is 1.12. The highest BCUT2D eigenvalue weighted by Gasteiger charge is 2.30. The van der Waals surface area contributed by atoms with Gasteiger partial charge in [0.1, 0.15) is 0 Å². The molecule has 120 valence electrons. The first-order chi connectivity index (χ1) is 10.1. The van der Waals surface area contributed by atoms with Crippen LogP contribution in [0.2, 0.25) is 0 Å². The zero-order valence-electron chi connectivity index (χ0n) is 12.0. The smallest absolute Gasteiger partial charge is 0.241 e. The van der Waals surface area contributed by atoms with Crippen molar-refractivity contribution in [3.05, 3.63) is 24.3 Å². The van der Waals surface area contributed by atoms with Crippen LogP contribution in [0.1, 0.15) is 19.3 Å². The van der Waals surface area contributed by atoms with Crippen LogP contribution in [0, 0.1) is 5.92 Å². The highest BCUT2D eigenvalue weighted by atomic mass is 35.5. The molecule has 2 unspecified atom stereocenters. The number of aliphatic hydroxyl groups excluding tert-OH is 1. The summed E-state index contributed by atoms with van der Waals surface area (Å²) in [5, 5.41) is 18.0. The molecule has 1 saturated carbocycles. The number of amides is 2. The van der Waals surface area contributed by atoms with Gasteiger partial charge in [0.2, 0.25) is 11.8 Å². The van der Waals surface area contributed by atoms with Crippen LogP contribution in [0.25, 0.3) is 0 Å². The van der Waals surface area contributed by atoms with E-state index in [4.69, 9.17) is 0 Å². The molecule has 1 aliphatic carbocycles. The molecule has 0 radical (unpaired) electrons. The van der Waals surface area contributed by atoms with Gasteiger partial charge in [-0.1, -0.05) is 0 Å². The molecule has 0 bridgehead atoms. The second-order valence-corrected chi connectivity index (χ2v) is 5.68. The third-order valence-corrected chi connectivity index (χ3v) is 3.79. The van der Waals surface area contributed by atoms with Crippen molar-refractivity contribution in [2.24, 2.45) is 5.92 Å². The lowest BCUT2D eigenvalue weighted by Gasteiger charge is -2.11. The predicted molar refractivity (Wildman–Crippen MR) is 86.1 cm³/mol. The number of hydrogen-bond donors (Lipinski definition) is 4. The maximum atomic E-state index is 12.0. The fourth-order valence-corrected chi connectivity index (χ4v) is 2.37. The molecule has 22 heavy (non-hydrogen) atoms. The van der Waals surface area contributed by atoms with Crippen molar-refractivity contribution in [1.82, 2.24) is 5.32 Å². The first-order valence-corrected chi connectivity index (χ1v) is 7.25. The summed E-state index contributed by atoms with van der Waals surface area (Å²) in [6.45, 7) is 0.449. The van der Waals surface area contributed by atoms with Gasteiger partial charge in [0.05, 0.1) is 12.1 Å². The molecule has 2 amide bonds. The van der Waals surface area contributed by atoms with Crippen molar-refractivity contribution in [3.8, 4) is 0 Å². The van der Waals surface area contributed by atoms with Gasteiger partial charge in [-0.15, -0.1) is 12.4 Å². The molecule has 1 aromatic rings. The number of anilines is 2. The Balaban J connectivity index is 0.00000176. The van der Waals surface area contributed by atoms with Crippen molar-refractivity contribution < 1.29 is 14.7 Å². The summed E-state index contributed by atoms with van der Waals surface area (Å²) in [7, 11) is 0. The van der Waals surface area contributed by atoms with Crippen molar-refractivity contribution in [3.63, 3.8) is 0 Å². The summed E-state index contributed by atoms with van der Waals surface area (Å²) < 4.78 is 0. The van der Waals surface area contributed by atoms with Gasteiger partial charge >= 0.3 is 0 Å². The molecule has 6 nitrogen and oxygen atoms in total. The minimum atomic E-state index is -0.458. The van der Waals surface area contributed by atoms with Crippen molar-refractivity contribution in [2.45, 2.75) is 31.4 Å². The van der Waals surface area contributed by atoms with Gasteiger partial charge in [0.25, 0.3) is 0 Å². The molecule has 0 aromatic heterocycles. The Bertz CT molecular complexity index is 545. The van der Waals surface area contributed by atoms with Crippen molar-refractivity contribution >= 4 is 35.6 Å². The van der Waals surface area contributed by atoms with Crippen LogP contribution in [0.5, 0.6) is 0 Å². The van der Waals surface area contributed by atoms with E-state index in [0.29, 0.717) is 18.7 Å². The second kappa shape index (κ2) is 7.09. The Morgan fingerprint density at radius 3 is 2.05 bits per heavy atom. The number of rotatable bonds is 4. The van der Waals surface area contributed by atoms with Gasteiger partial charge in [-0.2, -0.15) is 0 Å². The molecule has 0 spiro atoms. The minimum Gasteiger partial charge on any atom is -0.392 e. The Hall–Kier alpha value is -1.63. The zero-order chi connectivity index (χ0) is 14.8. The topological polar surface area (TPSA) is 90.5 Å². The van der Waals surface area contributed by atoms with Crippen LogP contribution in [0.3, 0.4) is 0 Å². The summed E-state index contributed by atoms with van der Waals surface area (Å²) in [5.74, 6) is 0.0847. The van der Waals surface area contributed by atoms with E-state index in [0.717, 1.165) is 18.5 Å². The van der Waals surface area contributed by atoms with E-state index in [1.54, 1.807) is 24.3 Å². The molecular weight excluding hydrogens is 306 g/mol. The lowest BCUT2D eigenvalue weighted by atomic mass is 10.2. The van der Waals surface area contributed by atoms with Crippen molar-refractivity contribution in [2.75, 3.05) is 17.2 Å². The maximum Gasteiger partial charge on any atom is 0.241 e. The number of carbonyl (C=O) groups is 2. The van der Waals surface area contributed by atoms with Gasteiger partial charge in [0, 0.05) is 23.8 Å². The quantitative estimate of drug-likeness (QED) is 0.667. The fourth-order valence-electron chi connectivity index (χ4n) is 2.37. The van der Waals surface area contributed by atoms with Gasteiger partial charge in [-0.3, -0.25) is 9.59 Å². The van der Waals surface area contributed by atoms with Gasteiger partial charge < -0.3 is 21.1 Å². The van der Waals surface area contributed by atoms with Crippen LogP contribution in [0.15, 0.2) is 24.3 Å². The first-order valence-electron chi connectivity index (χ1n) is 7.25. The highest BCUT2D eigenvalue weighted by Crippen LogP contribution is 2.30. The van der Waals surface area contributed by atoms with E-state index in [1.165, 1.54) is 0 Å². The fraction of sp³-hybridized carbons (Fsp3) is 0.467.